The third kappa shape index (κ3) is 2.98. The average Bonchev–Trinajstić information content (AvgIpc) is 3.34. The van der Waals surface area contributed by atoms with Crippen LogP contribution in [0.25, 0.3) is 44.7 Å². The molecule has 2 aromatic heterocycles. The van der Waals surface area contributed by atoms with Crippen molar-refractivity contribution in [1.82, 2.24) is 20.1 Å². The Morgan fingerprint density at radius 3 is 2.07 bits per heavy atom. The number of aromatic nitrogens is 4. The molecule has 0 saturated carbocycles. The van der Waals surface area contributed by atoms with Crippen LogP contribution in [0.3, 0.4) is 0 Å². The van der Waals surface area contributed by atoms with Gasteiger partial charge in [-0.2, -0.15) is 4.98 Å². The molecule has 0 fully saturated rings. The van der Waals surface area contributed by atoms with E-state index in [-0.39, 0.29) is 16.6 Å². The summed E-state index contributed by atoms with van der Waals surface area (Å²) in [7, 11) is 0. The standard InChI is InChI=1S/C22H14F2N4O2/c1-11-25-21(28-30-11)15-8-4-13(5-9-15)12-2-6-14(7-3-12)18-16(23)10-17-20(19(18)24)27-22(29)26-17/h2-10H,1H3,(H2,26,27,29). The van der Waals surface area contributed by atoms with Crippen LogP contribution in [0, 0.1) is 18.6 Å². The van der Waals surface area contributed by atoms with Gasteiger partial charge in [-0.05, 0) is 16.7 Å². The second kappa shape index (κ2) is 6.77. The molecule has 0 saturated heterocycles. The number of hydrogen-bond donors (Lipinski definition) is 2. The number of rotatable bonds is 3. The maximum absolute atomic E-state index is 14.8. The van der Waals surface area contributed by atoms with Crippen LogP contribution in [0.5, 0.6) is 0 Å². The van der Waals surface area contributed by atoms with Gasteiger partial charge in [-0.3, -0.25) is 0 Å². The Kier molecular flexibility index (Phi) is 4.06. The van der Waals surface area contributed by atoms with Gasteiger partial charge in [0, 0.05) is 18.6 Å². The molecule has 30 heavy (non-hydrogen) atoms. The molecule has 3 aromatic carbocycles. The van der Waals surface area contributed by atoms with Crippen LogP contribution >= 0.6 is 0 Å². The number of halogens is 2. The fourth-order valence-corrected chi connectivity index (χ4v) is 3.43. The van der Waals surface area contributed by atoms with Gasteiger partial charge < -0.3 is 14.5 Å². The monoisotopic (exact) mass is 404 g/mol. The van der Waals surface area contributed by atoms with Crippen LogP contribution in [0.2, 0.25) is 0 Å². The maximum atomic E-state index is 14.8. The zero-order chi connectivity index (χ0) is 20.8. The molecular weight excluding hydrogens is 390 g/mol. The number of hydrogen-bond acceptors (Lipinski definition) is 4. The number of fused-ring (bicyclic) bond motifs is 1. The van der Waals surface area contributed by atoms with Crippen molar-refractivity contribution >= 4 is 11.0 Å². The number of nitrogens with zero attached hydrogens (tertiary/aromatic N) is 2. The highest BCUT2D eigenvalue weighted by atomic mass is 19.1. The summed E-state index contributed by atoms with van der Waals surface area (Å²) < 4.78 is 34.3. The molecular formula is C22H14F2N4O2. The Bertz CT molecular complexity index is 1430. The fourth-order valence-electron chi connectivity index (χ4n) is 3.43. The lowest BCUT2D eigenvalue weighted by Gasteiger charge is -2.08. The summed E-state index contributed by atoms with van der Waals surface area (Å²) in [5.74, 6) is -0.553. The number of benzene rings is 3. The molecule has 0 amide bonds. The van der Waals surface area contributed by atoms with Gasteiger partial charge in [-0.1, -0.05) is 53.7 Å². The zero-order valence-corrected chi connectivity index (χ0v) is 15.7. The van der Waals surface area contributed by atoms with Crippen LogP contribution in [-0.2, 0) is 0 Å². The minimum Gasteiger partial charge on any atom is -0.339 e. The van der Waals surface area contributed by atoms with E-state index in [2.05, 4.69) is 20.1 Å². The van der Waals surface area contributed by atoms with Gasteiger partial charge in [0.25, 0.3) is 0 Å². The highest BCUT2D eigenvalue weighted by Crippen LogP contribution is 2.32. The Morgan fingerprint density at radius 1 is 0.867 bits per heavy atom. The van der Waals surface area contributed by atoms with Gasteiger partial charge in [-0.15, -0.1) is 0 Å². The van der Waals surface area contributed by atoms with E-state index in [1.54, 1.807) is 31.2 Å². The fraction of sp³-hybridized carbons (Fsp3) is 0.0455. The predicted molar refractivity (Wildman–Crippen MR) is 108 cm³/mol. The molecule has 0 aliphatic heterocycles. The van der Waals surface area contributed by atoms with Crippen molar-refractivity contribution in [3.8, 4) is 33.6 Å². The van der Waals surface area contributed by atoms with Gasteiger partial charge in [0.05, 0.1) is 11.1 Å². The molecule has 0 atom stereocenters. The van der Waals surface area contributed by atoms with E-state index in [1.807, 2.05) is 24.3 Å². The second-order valence-corrected chi connectivity index (χ2v) is 6.84. The third-order valence-electron chi connectivity index (χ3n) is 4.88. The van der Waals surface area contributed by atoms with Crippen LogP contribution in [-0.4, -0.2) is 20.1 Å². The Morgan fingerprint density at radius 2 is 1.47 bits per heavy atom. The maximum Gasteiger partial charge on any atom is 0.323 e. The summed E-state index contributed by atoms with van der Waals surface area (Å²) in [6.45, 7) is 1.73. The summed E-state index contributed by atoms with van der Waals surface area (Å²) >= 11 is 0. The van der Waals surface area contributed by atoms with E-state index in [0.717, 1.165) is 22.8 Å². The molecule has 0 radical (unpaired) electrons. The summed E-state index contributed by atoms with van der Waals surface area (Å²) in [5.41, 5.74) is 2.27. The summed E-state index contributed by atoms with van der Waals surface area (Å²) in [4.78, 5) is 20.3. The highest BCUT2D eigenvalue weighted by molar-refractivity contribution is 5.83. The molecule has 2 N–H and O–H groups in total. The van der Waals surface area contributed by atoms with Crippen LogP contribution in [0.4, 0.5) is 8.78 Å². The first-order valence-electron chi connectivity index (χ1n) is 9.11. The van der Waals surface area contributed by atoms with Crippen LogP contribution in [0.15, 0.2) is 63.9 Å². The number of aromatic amines is 2. The number of H-pyrrole nitrogens is 2. The molecule has 2 heterocycles. The van der Waals surface area contributed by atoms with Crippen molar-refractivity contribution in [2.75, 3.05) is 0 Å². The van der Waals surface area contributed by atoms with Crippen molar-refractivity contribution in [3.05, 3.63) is 82.6 Å². The minimum atomic E-state index is -0.809. The Balaban J connectivity index is 1.49. The van der Waals surface area contributed by atoms with E-state index in [9.17, 15) is 13.6 Å². The van der Waals surface area contributed by atoms with Gasteiger partial charge >= 0.3 is 5.69 Å². The lowest BCUT2D eigenvalue weighted by atomic mass is 9.98. The molecule has 5 rings (SSSR count). The van der Waals surface area contributed by atoms with E-state index in [0.29, 0.717) is 17.3 Å². The number of nitrogens with one attached hydrogen (secondary N) is 2. The van der Waals surface area contributed by atoms with Crippen molar-refractivity contribution in [1.29, 1.82) is 0 Å². The first-order chi connectivity index (χ1) is 14.5. The van der Waals surface area contributed by atoms with Gasteiger partial charge in [0.1, 0.15) is 11.3 Å². The lowest BCUT2D eigenvalue weighted by molar-refractivity contribution is 0.394. The van der Waals surface area contributed by atoms with E-state index in [1.165, 1.54) is 0 Å². The lowest BCUT2D eigenvalue weighted by Crippen LogP contribution is -1.99. The normalized spacial score (nSPS) is 11.3. The van der Waals surface area contributed by atoms with E-state index in [4.69, 9.17) is 4.52 Å². The Hall–Kier alpha value is -4.07. The quantitative estimate of drug-likeness (QED) is 0.451. The molecule has 5 aromatic rings. The third-order valence-corrected chi connectivity index (χ3v) is 4.88. The number of imidazole rings is 1. The largest absolute Gasteiger partial charge is 0.339 e. The summed E-state index contributed by atoms with van der Waals surface area (Å²) in [6, 6.07) is 15.5. The first kappa shape index (κ1) is 18.0. The van der Waals surface area contributed by atoms with E-state index < -0.39 is 17.3 Å². The first-order valence-corrected chi connectivity index (χ1v) is 9.11. The molecule has 8 heteroatoms. The van der Waals surface area contributed by atoms with Gasteiger partial charge in [-0.25, -0.2) is 13.6 Å². The van der Waals surface area contributed by atoms with Crippen LogP contribution < -0.4 is 5.69 Å². The topological polar surface area (TPSA) is 87.6 Å². The molecule has 6 nitrogen and oxygen atoms in total. The van der Waals surface area contributed by atoms with Crippen molar-refractivity contribution in [2.45, 2.75) is 6.92 Å². The summed E-state index contributed by atoms with van der Waals surface area (Å²) in [5, 5.41) is 3.89. The molecule has 0 spiro atoms. The second-order valence-electron chi connectivity index (χ2n) is 6.84. The van der Waals surface area contributed by atoms with Crippen molar-refractivity contribution in [2.24, 2.45) is 0 Å². The summed E-state index contributed by atoms with van der Waals surface area (Å²) in [6.07, 6.45) is 0. The molecule has 0 bridgehead atoms. The average molecular weight is 404 g/mol. The zero-order valence-electron chi connectivity index (χ0n) is 15.7. The molecule has 148 valence electrons. The van der Waals surface area contributed by atoms with Gasteiger partial charge in [0.15, 0.2) is 5.82 Å². The van der Waals surface area contributed by atoms with Gasteiger partial charge in [0.2, 0.25) is 11.7 Å². The Labute approximate surface area is 168 Å². The predicted octanol–water partition coefficient (Wildman–Crippen LogP) is 4.83. The van der Waals surface area contributed by atoms with E-state index >= 15 is 0 Å². The highest BCUT2D eigenvalue weighted by Gasteiger charge is 2.17. The molecule has 0 unspecified atom stereocenters. The van der Waals surface area contributed by atoms with Crippen molar-refractivity contribution < 1.29 is 13.3 Å². The van der Waals surface area contributed by atoms with Crippen molar-refractivity contribution in [3.63, 3.8) is 0 Å². The number of aryl methyl sites for hydroxylation is 1. The smallest absolute Gasteiger partial charge is 0.323 e. The molecule has 0 aliphatic rings. The minimum absolute atomic E-state index is 0.0484. The van der Waals surface area contributed by atoms with Crippen LogP contribution in [0.1, 0.15) is 5.89 Å². The molecule has 0 aliphatic carbocycles. The SMILES string of the molecule is Cc1nc(-c2ccc(-c3ccc(-c4c(F)cc5[nH]c(=O)[nH]c5c4F)cc3)cc2)no1.